The van der Waals surface area contributed by atoms with Gasteiger partial charge in [-0.1, -0.05) is 11.8 Å². The lowest BCUT2D eigenvalue weighted by Crippen LogP contribution is -2.29. The first kappa shape index (κ1) is 9.48. The molecule has 0 fully saturated rings. The molecule has 0 saturated heterocycles. The molecule has 2 heteroatoms. The van der Waals surface area contributed by atoms with E-state index >= 15 is 0 Å². The van der Waals surface area contributed by atoms with Crippen molar-refractivity contribution in [3.05, 3.63) is 0 Å². The van der Waals surface area contributed by atoms with Gasteiger partial charge in [0.05, 0.1) is 5.54 Å². The van der Waals surface area contributed by atoms with Crippen molar-refractivity contribution in [1.29, 1.82) is 0 Å². The van der Waals surface area contributed by atoms with Gasteiger partial charge in [-0.2, -0.15) is 0 Å². The van der Waals surface area contributed by atoms with E-state index in [1.165, 1.54) is 0 Å². The van der Waals surface area contributed by atoms with Crippen LogP contribution in [0, 0.1) is 11.8 Å². The fraction of sp³-hybridized carbons (Fsp3) is 0.750. The zero-order valence-corrected chi connectivity index (χ0v) is 7.06. The fourth-order valence-corrected chi connectivity index (χ4v) is 0.347. The van der Waals surface area contributed by atoms with E-state index in [1.807, 2.05) is 20.8 Å². The summed E-state index contributed by atoms with van der Waals surface area (Å²) in [5, 5.41) is 0. The third-order valence-electron chi connectivity index (χ3n) is 0.951. The van der Waals surface area contributed by atoms with Gasteiger partial charge in [0.25, 0.3) is 0 Å². The summed E-state index contributed by atoms with van der Waals surface area (Å²) < 4.78 is 4.92. The number of hydrogen-bond acceptors (Lipinski definition) is 2. The van der Waals surface area contributed by atoms with Crippen molar-refractivity contribution in [2.45, 2.75) is 32.4 Å². The molecule has 10 heavy (non-hydrogen) atoms. The Hall–Kier alpha value is -0.520. The molecular formula is C8H15NO. The van der Waals surface area contributed by atoms with Crippen LogP contribution in [0.4, 0.5) is 0 Å². The van der Waals surface area contributed by atoms with Crippen molar-refractivity contribution >= 4 is 0 Å². The maximum absolute atomic E-state index is 5.61. The molecule has 0 saturated carbocycles. The quantitative estimate of drug-likeness (QED) is 0.547. The van der Waals surface area contributed by atoms with Gasteiger partial charge in [0.1, 0.15) is 6.10 Å². The second-order valence-corrected chi connectivity index (χ2v) is 2.87. The number of nitrogens with two attached hydrogens (primary N) is 1. The van der Waals surface area contributed by atoms with E-state index in [-0.39, 0.29) is 6.10 Å². The minimum absolute atomic E-state index is 0.0252. The molecule has 2 N–H and O–H groups in total. The predicted octanol–water partition coefficient (Wildman–Crippen LogP) is 0.762. The molecule has 58 valence electrons. The Morgan fingerprint density at radius 3 is 2.30 bits per heavy atom. The molecule has 0 aromatic carbocycles. The van der Waals surface area contributed by atoms with E-state index in [0.29, 0.717) is 0 Å². The molecule has 0 rings (SSSR count). The molecule has 0 bridgehead atoms. The van der Waals surface area contributed by atoms with Crippen LogP contribution in [0.2, 0.25) is 0 Å². The molecule has 1 unspecified atom stereocenters. The first-order valence-corrected chi connectivity index (χ1v) is 3.30. The van der Waals surface area contributed by atoms with Crippen molar-refractivity contribution in [2.24, 2.45) is 5.73 Å². The van der Waals surface area contributed by atoms with Crippen molar-refractivity contribution in [2.75, 3.05) is 7.11 Å². The second-order valence-electron chi connectivity index (χ2n) is 2.87. The van der Waals surface area contributed by atoms with Gasteiger partial charge in [0.15, 0.2) is 0 Å². The van der Waals surface area contributed by atoms with Gasteiger partial charge in [-0.15, -0.1) is 0 Å². The van der Waals surface area contributed by atoms with Crippen LogP contribution in [0.1, 0.15) is 20.8 Å². The highest BCUT2D eigenvalue weighted by molar-refractivity contribution is 5.15. The van der Waals surface area contributed by atoms with Gasteiger partial charge in [-0.05, 0) is 20.8 Å². The van der Waals surface area contributed by atoms with Crippen LogP contribution in [0.5, 0.6) is 0 Å². The highest BCUT2D eigenvalue weighted by atomic mass is 16.5. The highest BCUT2D eigenvalue weighted by Gasteiger charge is 2.03. The van der Waals surface area contributed by atoms with E-state index < -0.39 is 5.54 Å². The van der Waals surface area contributed by atoms with Crippen LogP contribution in [0.15, 0.2) is 0 Å². The molecular weight excluding hydrogens is 126 g/mol. The molecule has 0 radical (unpaired) electrons. The minimum atomic E-state index is -0.410. The number of methoxy groups -OCH3 is 1. The lowest BCUT2D eigenvalue weighted by atomic mass is 10.1. The Kier molecular flexibility index (Phi) is 3.41. The van der Waals surface area contributed by atoms with Crippen LogP contribution in [0.3, 0.4) is 0 Å². The molecule has 0 amide bonds. The Balaban J connectivity index is 3.91. The maximum atomic E-state index is 5.61. The second kappa shape index (κ2) is 3.60. The van der Waals surface area contributed by atoms with Crippen LogP contribution >= 0.6 is 0 Å². The average Bonchev–Trinajstić information content (AvgIpc) is 1.81. The smallest absolute Gasteiger partial charge is 0.115 e. The Morgan fingerprint density at radius 2 is 2.00 bits per heavy atom. The first-order valence-electron chi connectivity index (χ1n) is 3.30. The molecule has 0 aliphatic rings. The summed E-state index contributed by atoms with van der Waals surface area (Å²) in [5.74, 6) is 5.75. The average molecular weight is 141 g/mol. The molecule has 0 spiro atoms. The summed E-state index contributed by atoms with van der Waals surface area (Å²) in [6.45, 7) is 5.61. The molecule has 0 aromatic rings. The van der Waals surface area contributed by atoms with Crippen molar-refractivity contribution < 1.29 is 4.74 Å². The number of hydrogen-bond donors (Lipinski definition) is 1. The monoisotopic (exact) mass is 141 g/mol. The molecule has 0 aliphatic carbocycles. The van der Waals surface area contributed by atoms with E-state index in [0.717, 1.165) is 0 Å². The van der Waals surface area contributed by atoms with Crippen molar-refractivity contribution in [1.82, 2.24) is 0 Å². The number of ether oxygens (including phenoxy) is 1. The molecule has 1 atom stereocenters. The fourth-order valence-electron chi connectivity index (χ4n) is 0.347. The van der Waals surface area contributed by atoms with Crippen molar-refractivity contribution in [3.8, 4) is 11.8 Å². The van der Waals surface area contributed by atoms with E-state index in [9.17, 15) is 0 Å². The van der Waals surface area contributed by atoms with Gasteiger partial charge in [0, 0.05) is 7.11 Å². The zero-order chi connectivity index (χ0) is 8.20. The SMILES string of the molecule is COC(C)C#CC(C)(C)N. The standard InChI is InChI=1S/C8H15NO/c1-7(10-4)5-6-8(2,3)9/h7H,9H2,1-4H3. The normalized spacial score (nSPS) is 13.7. The summed E-state index contributed by atoms with van der Waals surface area (Å²) in [4.78, 5) is 0. The van der Waals surface area contributed by atoms with Gasteiger partial charge < -0.3 is 10.5 Å². The summed E-state index contributed by atoms with van der Waals surface area (Å²) in [7, 11) is 1.63. The minimum Gasteiger partial charge on any atom is -0.369 e. The third kappa shape index (κ3) is 5.61. The molecule has 0 aromatic heterocycles. The lowest BCUT2D eigenvalue weighted by Gasteiger charge is -2.08. The van der Waals surface area contributed by atoms with E-state index in [4.69, 9.17) is 10.5 Å². The van der Waals surface area contributed by atoms with Gasteiger partial charge in [-0.25, -0.2) is 0 Å². The summed E-state index contributed by atoms with van der Waals surface area (Å²) in [6, 6.07) is 0. The van der Waals surface area contributed by atoms with Crippen LogP contribution in [-0.4, -0.2) is 18.8 Å². The van der Waals surface area contributed by atoms with E-state index in [2.05, 4.69) is 11.8 Å². The van der Waals surface area contributed by atoms with Gasteiger partial charge in [-0.3, -0.25) is 0 Å². The number of rotatable bonds is 1. The summed E-state index contributed by atoms with van der Waals surface area (Å²) in [6.07, 6.45) is -0.0252. The third-order valence-corrected chi connectivity index (χ3v) is 0.951. The Labute approximate surface area is 62.7 Å². The largest absolute Gasteiger partial charge is 0.369 e. The van der Waals surface area contributed by atoms with Crippen LogP contribution < -0.4 is 5.73 Å². The van der Waals surface area contributed by atoms with Gasteiger partial charge >= 0.3 is 0 Å². The topological polar surface area (TPSA) is 35.2 Å². The Morgan fingerprint density at radius 1 is 1.50 bits per heavy atom. The first-order chi connectivity index (χ1) is 4.45. The summed E-state index contributed by atoms with van der Waals surface area (Å²) in [5.41, 5.74) is 5.20. The van der Waals surface area contributed by atoms with Crippen molar-refractivity contribution in [3.63, 3.8) is 0 Å². The van der Waals surface area contributed by atoms with Gasteiger partial charge in [0.2, 0.25) is 0 Å². The predicted molar refractivity (Wildman–Crippen MR) is 42.5 cm³/mol. The molecule has 0 aliphatic heterocycles. The van der Waals surface area contributed by atoms with Crippen LogP contribution in [0.25, 0.3) is 0 Å². The Bertz CT molecular complexity index is 147. The molecule has 0 heterocycles. The maximum Gasteiger partial charge on any atom is 0.115 e. The van der Waals surface area contributed by atoms with Crippen LogP contribution in [-0.2, 0) is 4.74 Å². The zero-order valence-electron chi connectivity index (χ0n) is 7.06. The highest BCUT2D eigenvalue weighted by Crippen LogP contribution is 1.93. The van der Waals surface area contributed by atoms with E-state index in [1.54, 1.807) is 7.11 Å². The molecule has 2 nitrogen and oxygen atoms in total. The lowest BCUT2D eigenvalue weighted by molar-refractivity contribution is 0.163. The summed E-state index contributed by atoms with van der Waals surface area (Å²) >= 11 is 0.